The molecule has 2 fully saturated rings. The number of carbonyl (C=O) groups excluding carboxylic acids is 1. The van der Waals surface area contributed by atoms with Gasteiger partial charge < -0.3 is 19.5 Å². The first-order chi connectivity index (χ1) is 15.9. The lowest BCUT2D eigenvalue weighted by Gasteiger charge is -2.31. The average Bonchev–Trinajstić information content (AvgIpc) is 3.21. The Morgan fingerprint density at radius 3 is 2.76 bits per heavy atom. The first kappa shape index (κ1) is 23.6. The monoisotopic (exact) mass is 475 g/mol. The molecular formula is C23H31N4O5S+. The van der Waals surface area contributed by atoms with Gasteiger partial charge in [0.05, 0.1) is 25.3 Å². The number of benzene rings is 1. The fraction of sp³-hybridized carbons (Fsp3) is 0.478. The molecule has 10 heteroatoms. The summed E-state index contributed by atoms with van der Waals surface area (Å²) >= 11 is 0. The van der Waals surface area contributed by atoms with Gasteiger partial charge in [-0.05, 0) is 38.3 Å². The SMILES string of the molecule is Cc1ccccc1NC(=O)C1CCCN(S(=O)(=O)c2c(C)noc2C=C[NH+]2CCOCC2)C1. The number of hydrogen-bond acceptors (Lipinski definition) is 6. The summed E-state index contributed by atoms with van der Waals surface area (Å²) in [5.41, 5.74) is 2.03. The van der Waals surface area contributed by atoms with Crippen LogP contribution in [0.5, 0.6) is 0 Å². The van der Waals surface area contributed by atoms with E-state index in [4.69, 9.17) is 9.26 Å². The van der Waals surface area contributed by atoms with Gasteiger partial charge in [-0.2, -0.15) is 4.31 Å². The molecule has 1 aromatic carbocycles. The second kappa shape index (κ2) is 10.2. The van der Waals surface area contributed by atoms with Crippen molar-refractivity contribution in [2.45, 2.75) is 31.6 Å². The molecule has 2 aliphatic heterocycles. The van der Waals surface area contributed by atoms with Crippen LogP contribution in [0.15, 0.2) is 39.9 Å². The van der Waals surface area contributed by atoms with E-state index >= 15 is 0 Å². The zero-order valence-electron chi connectivity index (χ0n) is 19.0. The Morgan fingerprint density at radius 2 is 2.00 bits per heavy atom. The van der Waals surface area contributed by atoms with Crippen LogP contribution in [0, 0.1) is 19.8 Å². The second-order valence-electron chi connectivity index (χ2n) is 8.57. The Balaban J connectivity index is 1.50. The number of amides is 1. The molecule has 178 valence electrons. The van der Waals surface area contributed by atoms with Gasteiger partial charge in [0, 0.05) is 24.9 Å². The number of hydrogen-bond donors (Lipinski definition) is 2. The summed E-state index contributed by atoms with van der Waals surface area (Å²) < 4.78 is 39.2. The van der Waals surface area contributed by atoms with E-state index in [1.54, 1.807) is 13.0 Å². The van der Waals surface area contributed by atoms with Crippen molar-refractivity contribution in [3.8, 4) is 0 Å². The first-order valence-electron chi connectivity index (χ1n) is 11.3. The quantitative estimate of drug-likeness (QED) is 0.651. The van der Waals surface area contributed by atoms with E-state index in [9.17, 15) is 13.2 Å². The highest BCUT2D eigenvalue weighted by molar-refractivity contribution is 7.89. The number of para-hydroxylation sites is 1. The molecule has 0 saturated carbocycles. The minimum absolute atomic E-state index is 0.0753. The van der Waals surface area contributed by atoms with E-state index < -0.39 is 15.9 Å². The lowest BCUT2D eigenvalue weighted by Crippen LogP contribution is -3.09. The van der Waals surface area contributed by atoms with Gasteiger partial charge >= 0.3 is 0 Å². The van der Waals surface area contributed by atoms with E-state index in [0.717, 1.165) is 24.3 Å². The molecule has 1 unspecified atom stereocenters. The highest BCUT2D eigenvalue weighted by Crippen LogP contribution is 2.29. The normalized spacial score (nSPS) is 20.8. The topological polar surface area (TPSA) is 106 Å². The fourth-order valence-electron chi connectivity index (χ4n) is 4.24. The number of nitrogens with zero attached hydrogens (tertiary/aromatic N) is 2. The van der Waals surface area contributed by atoms with Gasteiger partial charge in [-0.1, -0.05) is 23.4 Å². The highest BCUT2D eigenvalue weighted by atomic mass is 32.2. The van der Waals surface area contributed by atoms with E-state index in [0.29, 0.717) is 38.3 Å². The molecule has 1 aromatic heterocycles. The van der Waals surface area contributed by atoms with Crippen LogP contribution in [0.2, 0.25) is 0 Å². The number of piperidine rings is 1. The number of carbonyl (C=O) groups is 1. The summed E-state index contributed by atoms with van der Waals surface area (Å²) in [6.45, 7) is 7.00. The molecule has 33 heavy (non-hydrogen) atoms. The van der Waals surface area contributed by atoms with Crippen molar-refractivity contribution in [2.75, 3.05) is 44.7 Å². The van der Waals surface area contributed by atoms with Gasteiger partial charge in [0.25, 0.3) is 0 Å². The Hall–Kier alpha value is -2.53. The molecule has 2 aliphatic rings. The Morgan fingerprint density at radius 1 is 1.24 bits per heavy atom. The number of anilines is 1. The summed E-state index contributed by atoms with van der Waals surface area (Å²) in [5.74, 6) is -0.370. The maximum atomic E-state index is 13.6. The van der Waals surface area contributed by atoms with Crippen molar-refractivity contribution in [3.63, 3.8) is 0 Å². The Kier molecular flexibility index (Phi) is 7.28. The maximum absolute atomic E-state index is 13.6. The van der Waals surface area contributed by atoms with Crippen LogP contribution in [-0.4, -0.2) is 63.2 Å². The van der Waals surface area contributed by atoms with Crippen molar-refractivity contribution in [1.29, 1.82) is 0 Å². The number of rotatable bonds is 6. The van der Waals surface area contributed by atoms with E-state index in [1.165, 1.54) is 9.21 Å². The van der Waals surface area contributed by atoms with Gasteiger partial charge in [0.1, 0.15) is 18.8 Å². The van der Waals surface area contributed by atoms with E-state index in [-0.39, 0.29) is 23.1 Å². The van der Waals surface area contributed by atoms with Gasteiger partial charge in [-0.3, -0.25) is 4.79 Å². The van der Waals surface area contributed by atoms with Crippen molar-refractivity contribution in [1.82, 2.24) is 9.46 Å². The largest absolute Gasteiger partial charge is 0.370 e. The first-order valence-corrected chi connectivity index (χ1v) is 12.7. The molecule has 2 aromatic rings. The number of nitrogens with one attached hydrogen (secondary N) is 2. The van der Waals surface area contributed by atoms with Crippen molar-refractivity contribution < 1.29 is 27.4 Å². The zero-order chi connectivity index (χ0) is 23.4. The van der Waals surface area contributed by atoms with Gasteiger partial charge in [0.15, 0.2) is 10.7 Å². The van der Waals surface area contributed by atoms with Crippen LogP contribution in [0.25, 0.3) is 6.08 Å². The molecule has 4 rings (SSSR count). The Labute approximate surface area is 194 Å². The van der Waals surface area contributed by atoms with Crippen LogP contribution in [-0.2, 0) is 19.6 Å². The maximum Gasteiger partial charge on any atom is 0.248 e. The standard InChI is InChI=1S/C23H30N4O5S/c1-17-6-3-4-8-20(17)24-23(28)19-7-5-10-27(16-19)33(29,30)22-18(2)25-32-21(22)9-11-26-12-14-31-15-13-26/h3-4,6,8-9,11,19H,5,7,10,12-16H2,1-2H3,(H,24,28)/p+1. The van der Waals surface area contributed by atoms with Crippen molar-refractivity contribution in [3.05, 3.63) is 47.5 Å². The molecule has 0 spiro atoms. The second-order valence-corrected chi connectivity index (χ2v) is 10.4. The van der Waals surface area contributed by atoms with Crippen molar-refractivity contribution in [2.24, 2.45) is 5.92 Å². The highest BCUT2D eigenvalue weighted by Gasteiger charge is 2.37. The molecule has 1 amide bonds. The predicted octanol–water partition coefficient (Wildman–Crippen LogP) is 1.22. The zero-order valence-corrected chi connectivity index (χ0v) is 19.9. The summed E-state index contributed by atoms with van der Waals surface area (Å²) in [6, 6.07) is 7.55. The predicted molar refractivity (Wildman–Crippen MR) is 123 cm³/mol. The Bertz CT molecular complexity index is 1120. The van der Waals surface area contributed by atoms with Crippen LogP contribution in [0.1, 0.15) is 29.9 Å². The molecular weight excluding hydrogens is 444 g/mol. The van der Waals surface area contributed by atoms with Crippen molar-refractivity contribution >= 4 is 27.7 Å². The lowest BCUT2D eigenvalue weighted by molar-refractivity contribution is -0.855. The molecule has 9 nitrogen and oxygen atoms in total. The lowest BCUT2D eigenvalue weighted by atomic mass is 9.98. The molecule has 0 aliphatic carbocycles. The summed E-state index contributed by atoms with van der Waals surface area (Å²) in [6.07, 6.45) is 4.83. The van der Waals surface area contributed by atoms with Crippen LogP contribution in [0.3, 0.4) is 0 Å². The third-order valence-corrected chi connectivity index (χ3v) is 8.22. The number of ether oxygens (including phenoxy) is 1. The minimum Gasteiger partial charge on any atom is -0.370 e. The summed E-state index contributed by atoms with van der Waals surface area (Å²) in [7, 11) is -3.87. The van der Waals surface area contributed by atoms with Gasteiger partial charge in [-0.25, -0.2) is 8.42 Å². The van der Waals surface area contributed by atoms with Crippen LogP contribution < -0.4 is 10.2 Å². The van der Waals surface area contributed by atoms with Gasteiger partial charge in [-0.15, -0.1) is 0 Å². The number of aromatic nitrogens is 1. The number of sulfonamides is 1. The number of morpholine rings is 1. The molecule has 0 radical (unpaired) electrons. The molecule has 3 heterocycles. The molecule has 2 saturated heterocycles. The molecule has 1 atom stereocenters. The molecule has 0 bridgehead atoms. The number of quaternary nitrogens is 1. The fourth-order valence-corrected chi connectivity index (χ4v) is 6.02. The third kappa shape index (κ3) is 5.35. The minimum atomic E-state index is -3.87. The van der Waals surface area contributed by atoms with Crippen LogP contribution >= 0.6 is 0 Å². The third-order valence-electron chi connectivity index (χ3n) is 6.19. The van der Waals surface area contributed by atoms with E-state index in [2.05, 4.69) is 10.5 Å². The van der Waals surface area contributed by atoms with E-state index in [1.807, 2.05) is 37.4 Å². The summed E-state index contributed by atoms with van der Waals surface area (Å²) in [4.78, 5) is 14.2. The average molecular weight is 476 g/mol. The smallest absolute Gasteiger partial charge is 0.248 e. The van der Waals surface area contributed by atoms with Gasteiger partial charge in [0.2, 0.25) is 15.9 Å². The summed E-state index contributed by atoms with van der Waals surface area (Å²) in [5, 5.41) is 6.87. The molecule has 2 N–H and O–H groups in total. The number of aryl methyl sites for hydroxylation is 2. The van der Waals surface area contributed by atoms with Crippen LogP contribution in [0.4, 0.5) is 5.69 Å².